The lowest BCUT2D eigenvalue weighted by atomic mass is 9.99. The van der Waals surface area contributed by atoms with Crippen LogP contribution in [-0.2, 0) is 17.7 Å². The maximum atomic E-state index is 11.2. The summed E-state index contributed by atoms with van der Waals surface area (Å²) in [5, 5.41) is 2.71. The van der Waals surface area contributed by atoms with Crippen molar-refractivity contribution >= 4 is 23.7 Å². The second-order valence-electron chi connectivity index (χ2n) is 7.86. The summed E-state index contributed by atoms with van der Waals surface area (Å²) < 4.78 is 7.99. The third-order valence-electron chi connectivity index (χ3n) is 5.92. The number of nitrogens with one attached hydrogen (secondary N) is 2. The Labute approximate surface area is 184 Å². The quantitative estimate of drug-likeness (QED) is 0.589. The van der Waals surface area contributed by atoms with Crippen LogP contribution in [0.1, 0.15) is 22.9 Å². The lowest BCUT2D eigenvalue weighted by Crippen LogP contribution is -2.22. The number of ether oxygens (including phenoxy) is 1. The number of carbonyl (C=O) groups excluding carboxylic acids is 1. The first-order valence-corrected chi connectivity index (χ1v) is 11.2. The van der Waals surface area contributed by atoms with Crippen molar-refractivity contribution in [1.82, 2.24) is 10.8 Å². The summed E-state index contributed by atoms with van der Waals surface area (Å²) in [7, 11) is 0. The van der Waals surface area contributed by atoms with E-state index in [1.807, 2.05) is 12.1 Å². The lowest BCUT2D eigenvalue weighted by Gasteiger charge is -2.18. The largest absolute Gasteiger partial charge is 0.493 e. The Kier molecular flexibility index (Phi) is 4.51. The van der Waals surface area contributed by atoms with Crippen LogP contribution in [0.3, 0.4) is 0 Å². The maximum Gasteiger partial charge on any atom is 0.427 e. The third-order valence-corrected chi connectivity index (χ3v) is 7.00. The molecule has 0 aliphatic carbocycles. The number of amides is 1. The summed E-state index contributed by atoms with van der Waals surface area (Å²) in [5.41, 5.74) is 10.1. The van der Waals surface area contributed by atoms with E-state index in [2.05, 4.69) is 63.6 Å². The van der Waals surface area contributed by atoms with Gasteiger partial charge in [0.15, 0.2) is 0 Å². The van der Waals surface area contributed by atoms with Crippen molar-refractivity contribution in [3.63, 3.8) is 0 Å². The highest BCUT2D eigenvalue weighted by Crippen LogP contribution is 2.39. The van der Waals surface area contributed by atoms with Gasteiger partial charge in [-0.3, -0.25) is 5.32 Å². The number of hydroxylamine groups is 1. The highest BCUT2D eigenvalue weighted by Gasteiger charge is 2.24. The Balaban J connectivity index is 1.18. The molecule has 6 rings (SSSR count). The molecule has 0 saturated carbocycles. The first-order chi connectivity index (χ1) is 15.2. The van der Waals surface area contributed by atoms with E-state index in [0.717, 1.165) is 42.2 Å². The number of nitrogens with zero attached hydrogens (tertiary/aromatic N) is 1. The van der Waals surface area contributed by atoms with E-state index in [4.69, 9.17) is 9.57 Å². The minimum Gasteiger partial charge on any atom is -0.493 e. The summed E-state index contributed by atoms with van der Waals surface area (Å²) in [6, 6.07) is 21.4. The molecule has 0 bridgehead atoms. The number of carbonyl (C=O) groups is 1. The fourth-order valence-corrected chi connectivity index (χ4v) is 5.27. The van der Waals surface area contributed by atoms with E-state index in [1.54, 1.807) is 11.9 Å². The van der Waals surface area contributed by atoms with Crippen LogP contribution in [-0.4, -0.2) is 19.2 Å². The highest BCUT2D eigenvalue weighted by molar-refractivity contribution is 8.00. The van der Waals surface area contributed by atoms with Crippen molar-refractivity contribution < 1.29 is 14.4 Å². The molecule has 3 heterocycles. The molecule has 3 aromatic carbocycles. The van der Waals surface area contributed by atoms with Gasteiger partial charge in [0.25, 0.3) is 0 Å². The summed E-state index contributed by atoms with van der Waals surface area (Å²) in [6.07, 6.45) is 1.28. The average molecular weight is 432 g/mol. The van der Waals surface area contributed by atoms with Crippen LogP contribution in [0, 0.1) is 0 Å². The molecule has 1 amide bonds. The third kappa shape index (κ3) is 3.49. The highest BCUT2D eigenvalue weighted by atomic mass is 32.2. The first kappa shape index (κ1) is 18.6. The number of benzene rings is 3. The van der Waals surface area contributed by atoms with Crippen LogP contribution >= 0.6 is 11.9 Å². The van der Waals surface area contributed by atoms with Crippen molar-refractivity contribution in [1.29, 1.82) is 0 Å². The number of anilines is 1. The van der Waals surface area contributed by atoms with Gasteiger partial charge in [-0.2, -0.15) is 0 Å². The molecule has 1 unspecified atom stereocenters. The molecule has 3 aromatic rings. The number of hydrogen-bond donors (Lipinski definition) is 2. The van der Waals surface area contributed by atoms with Crippen LogP contribution in [0.4, 0.5) is 10.5 Å². The molecule has 1 atom stereocenters. The summed E-state index contributed by atoms with van der Waals surface area (Å²) in [6.45, 7) is 1.77. The Morgan fingerprint density at radius 1 is 0.935 bits per heavy atom. The predicted octanol–water partition coefficient (Wildman–Crippen LogP) is 4.60. The summed E-state index contributed by atoms with van der Waals surface area (Å²) in [5.74, 6) is 1.03. The van der Waals surface area contributed by atoms with Gasteiger partial charge in [0, 0.05) is 17.9 Å². The number of fused-ring (bicyclic) bond motifs is 2. The van der Waals surface area contributed by atoms with Crippen LogP contribution in [0.15, 0.2) is 65.6 Å². The Morgan fingerprint density at radius 2 is 1.74 bits per heavy atom. The normalized spacial score (nSPS) is 18.9. The minimum absolute atomic E-state index is 0.303. The van der Waals surface area contributed by atoms with Gasteiger partial charge in [-0.05, 0) is 82.6 Å². The number of rotatable bonds is 4. The molecule has 3 aliphatic heterocycles. The second-order valence-corrected chi connectivity index (χ2v) is 8.96. The molecule has 0 aromatic heterocycles. The SMILES string of the molecule is O=C1NC(c2ccc(SN3CCc4cc(-c5ccc6c(c5)CCO6)ccc43)cc2)NO1. The lowest BCUT2D eigenvalue weighted by molar-refractivity contribution is 0.121. The number of hydrogen-bond acceptors (Lipinski definition) is 6. The fourth-order valence-electron chi connectivity index (χ4n) is 4.30. The topological polar surface area (TPSA) is 62.8 Å². The molecular formula is C24H21N3O3S. The molecule has 1 saturated heterocycles. The van der Waals surface area contributed by atoms with Crippen LogP contribution < -0.4 is 19.8 Å². The second kappa shape index (κ2) is 7.51. The van der Waals surface area contributed by atoms with Gasteiger partial charge >= 0.3 is 6.09 Å². The molecule has 156 valence electrons. The zero-order chi connectivity index (χ0) is 20.8. The van der Waals surface area contributed by atoms with Gasteiger partial charge < -0.3 is 13.9 Å². The zero-order valence-corrected chi connectivity index (χ0v) is 17.6. The monoisotopic (exact) mass is 431 g/mol. The van der Waals surface area contributed by atoms with Crippen LogP contribution in [0.2, 0.25) is 0 Å². The molecule has 6 nitrogen and oxygen atoms in total. The summed E-state index contributed by atoms with van der Waals surface area (Å²) in [4.78, 5) is 17.1. The Hall–Kier alpha value is -3.16. The van der Waals surface area contributed by atoms with Gasteiger partial charge in [0.05, 0.1) is 12.3 Å². The van der Waals surface area contributed by atoms with Crippen molar-refractivity contribution in [2.24, 2.45) is 0 Å². The Bertz CT molecular complexity index is 1170. The van der Waals surface area contributed by atoms with Crippen LogP contribution in [0.25, 0.3) is 11.1 Å². The van der Waals surface area contributed by atoms with Gasteiger partial charge in [-0.1, -0.05) is 24.3 Å². The fraction of sp³-hybridized carbons (Fsp3) is 0.208. The van der Waals surface area contributed by atoms with Crippen molar-refractivity contribution in [3.8, 4) is 16.9 Å². The van der Waals surface area contributed by atoms with Crippen molar-refractivity contribution in [3.05, 3.63) is 77.4 Å². The van der Waals surface area contributed by atoms with Crippen molar-refractivity contribution in [2.45, 2.75) is 23.9 Å². The molecule has 7 heteroatoms. The van der Waals surface area contributed by atoms with Gasteiger partial charge in [-0.25, -0.2) is 4.79 Å². The molecular weight excluding hydrogens is 410 g/mol. The van der Waals surface area contributed by atoms with E-state index < -0.39 is 6.09 Å². The van der Waals surface area contributed by atoms with Crippen molar-refractivity contribution in [2.75, 3.05) is 17.5 Å². The summed E-state index contributed by atoms with van der Waals surface area (Å²) >= 11 is 1.74. The predicted molar refractivity (Wildman–Crippen MR) is 120 cm³/mol. The molecule has 0 spiro atoms. The van der Waals surface area contributed by atoms with Crippen LogP contribution in [0.5, 0.6) is 5.75 Å². The zero-order valence-electron chi connectivity index (χ0n) is 16.8. The molecule has 31 heavy (non-hydrogen) atoms. The van der Waals surface area contributed by atoms with E-state index in [-0.39, 0.29) is 6.17 Å². The average Bonchev–Trinajstić information content (AvgIpc) is 3.53. The molecule has 1 fully saturated rings. The molecule has 2 N–H and O–H groups in total. The van der Waals surface area contributed by atoms with E-state index >= 15 is 0 Å². The van der Waals surface area contributed by atoms with Gasteiger partial charge in [0.1, 0.15) is 11.9 Å². The van der Waals surface area contributed by atoms with E-state index in [0.29, 0.717) is 0 Å². The van der Waals surface area contributed by atoms with E-state index in [9.17, 15) is 4.79 Å². The van der Waals surface area contributed by atoms with Gasteiger partial charge in [0.2, 0.25) is 0 Å². The smallest absolute Gasteiger partial charge is 0.427 e. The first-order valence-electron chi connectivity index (χ1n) is 10.4. The standard InChI is InChI=1S/C24H21N3O3S/c28-24-25-23(26-30-24)15-1-5-20(6-2-15)31-27-11-9-18-13-16(3-7-21(18)27)17-4-8-22-19(14-17)10-12-29-22/h1-8,13-14,23,26H,9-12H2,(H,25,28). The maximum absolute atomic E-state index is 11.2. The molecule has 3 aliphatic rings. The molecule has 0 radical (unpaired) electrons. The Morgan fingerprint density at radius 3 is 2.55 bits per heavy atom. The minimum atomic E-state index is -0.454. The van der Waals surface area contributed by atoms with E-state index in [1.165, 1.54) is 27.9 Å². The van der Waals surface area contributed by atoms with Gasteiger partial charge in [-0.15, -0.1) is 5.48 Å².